The maximum Gasteiger partial charge on any atom is 0.332 e. The SMILES string of the molecule is Cn1c(=O)c2c(SCC(=O)NCc3ccccc3)nc(-c3ccccc3)nc2n(C)c1=O. The molecule has 0 aliphatic rings. The fourth-order valence-corrected chi connectivity index (χ4v) is 4.07. The lowest BCUT2D eigenvalue weighted by Gasteiger charge is -2.12. The van der Waals surface area contributed by atoms with Gasteiger partial charge in [-0.15, -0.1) is 0 Å². The lowest BCUT2D eigenvalue weighted by Crippen LogP contribution is -2.37. The van der Waals surface area contributed by atoms with Crippen LogP contribution in [0.1, 0.15) is 5.56 Å². The van der Waals surface area contributed by atoms with Crippen LogP contribution in [-0.4, -0.2) is 30.8 Å². The third-order valence-corrected chi connectivity index (χ3v) is 5.95. The minimum atomic E-state index is -0.491. The van der Waals surface area contributed by atoms with E-state index in [4.69, 9.17) is 0 Å². The van der Waals surface area contributed by atoms with Crippen molar-refractivity contribution in [3.63, 3.8) is 0 Å². The number of nitrogens with one attached hydrogen (secondary N) is 1. The predicted molar refractivity (Wildman–Crippen MR) is 124 cm³/mol. The van der Waals surface area contributed by atoms with Gasteiger partial charge in [0.15, 0.2) is 11.5 Å². The Hall–Kier alpha value is -3.72. The van der Waals surface area contributed by atoms with Crippen LogP contribution in [0.5, 0.6) is 0 Å². The summed E-state index contributed by atoms with van der Waals surface area (Å²) in [5.74, 6) is 0.265. The molecule has 0 spiro atoms. The van der Waals surface area contributed by atoms with Crippen LogP contribution in [0.4, 0.5) is 0 Å². The summed E-state index contributed by atoms with van der Waals surface area (Å²) in [6, 6.07) is 18.9. The summed E-state index contributed by atoms with van der Waals surface area (Å²) in [6.07, 6.45) is 0. The van der Waals surface area contributed by atoms with E-state index in [-0.39, 0.29) is 22.7 Å². The van der Waals surface area contributed by atoms with Gasteiger partial charge in [0.1, 0.15) is 10.4 Å². The minimum Gasteiger partial charge on any atom is -0.351 e. The van der Waals surface area contributed by atoms with E-state index >= 15 is 0 Å². The summed E-state index contributed by atoms with van der Waals surface area (Å²) >= 11 is 1.15. The van der Waals surface area contributed by atoms with Gasteiger partial charge in [-0.2, -0.15) is 0 Å². The third kappa shape index (κ3) is 4.33. The van der Waals surface area contributed by atoms with Crippen molar-refractivity contribution in [2.24, 2.45) is 14.1 Å². The van der Waals surface area contributed by atoms with E-state index in [9.17, 15) is 14.4 Å². The fourth-order valence-electron chi connectivity index (χ4n) is 3.23. The van der Waals surface area contributed by atoms with Gasteiger partial charge in [-0.25, -0.2) is 14.8 Å². The van der Waals surface area contributed by atoms with Crippen LogP contribution < -0.4 is 16.6 Å². The summed E-state index contributed by atoms with van der Waals surface area (Å²) in [5, 5.41) is 3.45. The van der Waals surface area contributed by atoms with Crippen molar-refractivity contribution in [3.8, 4) is 11.4 Å². The van der Waals surface area contributed by atoms with Crippen LogP contribution in [0.25, 0.3) is 22.4 Å². The highest BCUT2D eigenvalue weighted by atomic mass is 32.2. The summed E-state index contributed by atoms with van der Waals surface area (Å²) in [6.45, 7) is 0.413. The van der Waals surface area contributed by atoms with Crippen molar-refractivity contribution >= 4 is 28.7 Å². The average molecular weight is 448 g/mol. The molecule has 0 radical (unpaired) electrons. The number of fused-ring (bicyclic) bond motifs is 1. The van der Waals surface area contributed by atoms with Gasteiger partial charge in [-0.05, 0) is 5.56 Å². The first kappa shape index (κ1) is 21.5. The average Bonchev–Trinajstić information content (AvgIpc) is 2.84. The number of hydrogen-bond donors (Lipinski definition) is 1. The molecule has 9 heteroatoms. The van der Waals surface area contributed by atoms with E-state index in [2.05, 4.69) is 15.3 Å². The van der Waals surface area contributed by atoms with Crippen molar-refractivity contribution in [2.45, 2.75) is 11.6 Å². The lowest BCUT2D eigenvalue weighted by molar-refractivity contribution is -0.118. The number of thioether (sulfide) groups is 1. The second-order valence-corrected chi connectivity index (χ2v) is 8.14. The fraction of sp³-hybridized carbons (Fsp3) is 0.174. The highest BCUT2D eigenvalue weighted by Crippen LogP contribution is 2.25. The smallest absolute Gasteiger partial charge is 0.332 e. The highest BCUT2D eigenvalue weighted by molar-refractivity contribution is 8.00. The molecule has 0 saturated carbocycles. The van der Waals surface area contributed by atoms with Gasteiger partial charge in [0.05, 0.1) is 5.75 Å². The molecular weight excluding hydrogens is 426 g/mol. The van der Waals surface area contributed by atoms with E-state index in [0.29, 0.717) is 17.4 Å². The van der Waals surface area contributed by atoms with Gasteiger partial charge in [0.2, 0.25) is 5.91 Å². The molecule has 0 saturated heterocycles. The molecule has 8 nitrogen and oxygen atoms in total. The predicted octanol–water partition coefficient (Wildman–Crippen LogP) is 2.10. The van der Waals surface area contributed by atoms with Gasteiger partial charge in [0.25, 0.3) is 5.56 Å². The second kappa shape index (κ2) is 9.19. The molecule has 4 rings (SSSR count). The maximum atomic E-state index is 12.9. The van der Waals surface area contributed by atoms with E-state index in [1.165, 1.54) is 11.6 Å². The summed E-state index contributed by atoms with van der Waals surface area (Å²) < 4.78 is 2.35. The molecule has 0 atom stereocenters. The molecule has 0 bridgehead atoms. The van der Waals surface area contributed by atoms with Gasteiger partial charge in [0, 0.05) is 26.2 Å². The quantitative estimate of drug-likeness (QED) is 0.359. The Morgan fingerprint density at radius 3 is 2.28 bits per heavy atom. The number of aryl methyl sites for hydroxylation is 1. The Morgan fingerprint density at radius 1 is 0.938 bits per heavy atom. The summed E-state index contributed by atoms with van der Waals surface area (Å²) in [5.41, 5.74) is 1.01. The van der Waals surface area contributed by atoms with Crippen molar-refractivity contribution in [2.75, 3.05) is 5.75 Å². The highest BCUT2D eigenvalue weighted by Gasteiger charge is 2.19. The molecule has 1 N–H and O–H groups in total. The number of carbonyl (C=O) groups excluding carboxylic acids is 1. The molecule has 1 amide bonds. The first-order valence-electron chi connectivity index (χ1n) is 9.92. The number of aromatic nitrogens is 4. The molecule has 0 unspecified atom stereocenters. The number of hydrogen-bond acceptors (Lipinski definition) is 6. The number of amides is 1. The molecule has 4 aromatic rings. The Labute approximate surface area is 188 Å². The minimum absolute atomic E-state index is 0.0686. The van der Waals surface area contributed by atoms with Crippen molar-refractivity contribution < 1.29 is 4.79 Å². The molecule has 2 aromatic heterocycles. The van der Waals surface area contributed by atoms with Crippen LogP contribution in [0.15, 0.2) is 75.3 Å². The Balaban J connectivity index is 1.69. The zero-order valence-corrected chi connectivity index (χ0v) is 18.4. The van der Waals surface area contributed by atoms with E-state index in [1.807, 2.05) is 60.7 Å². The number of benzene rings is 2. The maximum absolute atomic E-state index is 12.9. The van der Waals surface area contributed by atoms with Crippen LogP contribution in [0.3, 0.4) is 0 Å². The number of nitrogens with zero attached hydrogens (tertiary/aromatic N) is 4. The van der Waals surface area contributed by atoms with Gasteiger partial charge in [-0.3, -0.25) is 18.7 Å². The summed E-state index contributed by atoms with van der Waals surface area (Å²) in [4.78, 5) is 46.8. The summed E-state index contributed by atoms with van der Waals surface area (Å²) in [7, 11) is 2.98. The van der Waals surface area contributed by atoms with Crippen LogP contribution in [0, 0.1) is 0 Å². The zero-order chi connectivity index (χ0) is 22.7. The standard InChI is InChI=1S/C23H21N5O3S/c1-27-20-18(22(30)28(2)23(27)31)21(26-19(25-20)16-11-7-4-8-12-16)32-14-17(29)24-13-15-9-5-3-6-10-15/h3-12H,13-14H2,1-2H3,(H,24,29). The van der Waals surface area contributed by atoms with Gasteiger partial charge in [-0.1, -0.05) is 72.4 Å². The number of carbonyl (C=O) groups is 1. The van der Waals surface area contributed by atoms with Crippen molar-refractivity contribution in [1.82, 2.24) is 24.4 Å². The van der Waals surface area contributed by atoms with Crippen molar-refractivity contribution in [1.29, 1.82) is 0 Å². The first-order chi connectivity index (χ1) is 15.5. The molecule has 0 aliphatic heterocycles. The van der Waals surface area contributed by atoms with E-state index < -0.39 is 11.2 Å². The first-order valence-corrected chi connectivity index (χ1v) is 10.9. The van der Waals surface area contributed by atoms with Crippen LogP contribution in [-0.2, 0) is 25.4 Å². The van der Waals surface area contributed by atoms with Crippen molar-refractivity contribution in [3.05, 3.63) is 87.1 Å². The van der Waals surface area contributed by atoms with Gasteiger partial charge >= 0.3 is 5.69 Å². The lowest BCUT2D eigenvalue weighted by atomic mass is 10.2. The Kier molecular flexibility index (Phi) is 6.18. The Bertz CT molecular complexity index is 1400. The van der Waals surface area contributed by atoms with E-state index in [1.54, 1.807) is 7.05 Å². The molecule has 0 aliphatic carbocycles. The monoisotopic (exact) mass is 447 g/mol. The van der Waals surface area contributed by atoms with Crippen LogP contribution in [0.2, 0.25) is 0 Å². The van der Waals surface area contributed by atoms with Crippen LogP contribution >= 0.6 is 11.8 Å². The molecule has 32 heavy (non-hydrogen) atoms. The second-order valence-electron chi connectivity index (χ2n) is 7.17. The third-order valence-electron chi connectivity index (χ3n) is 4.97. The Morgan fingerprint density at radius 2 is 1.59 bits per heavy atom. The molecule has 162 valence electrons. The van der Waals surface area contributed by atoms with E-state index in [0.717, 1.165) is 27.5 Å². The normalized spacial score (nSPS) is 10.9. The molecule has 0 fully saturated rings. The topological polar surface area (TPSA) is 98.9 Å². The van der Waals surface area contributed by atoms with Gasteiger partial charge < -0.3 is 5.32 Å². The molecule has 2 aromatic carbocycles. The zero-order valence-electron chi connectivity index (χ0n) is 17.6. The molecular formula is C23H21N5O3S. The largest absolute Gasteiger partial charge is 0.351 e. The molecule has 2 heterocycles. The number of rotatable bonds is 6.